The Balaban J connectivity index is 1.60. The standard InChI is InChI=1S/C26H20FN5O2S/c27-19-11-13-21(14-12-19)32-22(15-20-16-23(33)29-25(34)28-20)30-31-26(32)35-24(17-7-3-1-4-8-17)18-9-5-2-6-10-18/h1-14,16,24H,15H2,(H2,28,29,33,34). The Morgan fingerprint density at radius 3 is 2.06 bits per heavy atom. The zero-order valence-corrected chi connectivity index (χ0v) is 19.2. The molecule has 2 aromatic heterocycles. The lowest BCUT2D eigenvalue weighted by atomic mass is 10.0. The van der Waals surface area contributed by atoms with Gasteiger partial charge in [0.15, 0.2) is 5.16 Å². The van der Waals surface area contributed by atoms with E-state index in [1.165, 1.54) is 30.0 Å². The number of nitrogens with zero attached hydrogens (tertiary/aromatic N) is 3. The SMILES string of the molecule is O=c1cc(Cc2nnc(SC(c3ccccc3)c3ccccc3)n2-c2ccc(F)cc2)[nH]c(=O)[nH]1. The molecule has 9 heteroatoms. The van der Waals surface area contributed by atoms with Crippen molar-refractivity contribution in [2.24, 2.45) is 0 Å². The summed E-state index contributed by atoms with van der Waals surface area (Å²) in [4.78, 5) is 28.3. The van der Waals surface area contributed by atoms with Crippen LogP contribution in [-0.2, 0) is 6.42 Å². The summed E-state index contributed by atoms with van der Waals surface area (Å²) in [6.07, 6.45) is 0.158. The number of hydrogen-bond donors (Lipinski definition) is 2. The molecule has 0 atom stereocenters. The molecule has 7 nitrogen and oxygen atoms in total. The summed E-state index contributed by atoms with van der Waals surface area (Å²) in [5.74, 6) is 0.142. The minimum absolute atomic E-state index is 0.0759. The Morgan fingerprint density at radius 2 is 1.46 bits per heavy atom. The van der Waals surface area contributed by atoms with Gasteiger partial charge >= 0.3 is 5.69 Å². The van der Waals surface area contributed by atoms with Gasteiger partial charge < -0.3 is 4.98 Å². The number of rotatable bonds is 7. The van der Waals surface area contributed by atoms with Gasteiger partial charge in [-0.2, -0.15) is 0 Å². The van der Waals surface area contributed by atoms with E-state index in [-0.39, 0.29) is 17.5 Å². The number of H-pyrrole nitrogens is 2. The zero-order chi connectivity index (χ0) is 24.2. The lowest BCUT2D eigenvalue weighted by molar-refractivity contribution is 0.627. The Bertz CT molecular complexity index is 1480. The molecule has 35 heavy (non-hydrogen) atoms. The van der Waals surface area contributed by atoms with Crippen molar-refractivity contribution in [3.05, 3.63) is 140 Å². The van der Waals surface area contributed by atoms with Gasteiger partial charge in [0.05, 0.1) is 5.25 Å². The van der Waals surface area contributed by atoms with Crippen LogP contribution in [0.2, 0.25) is 0 Å². The van der Waals surface area contributed by atoms with Gasteiger partial charge in [0.2, 0.25) is 0 Å². The second-order valence-corrected chi connectivity index (χ2v) is 8.89. The van der Waals surface area contributed by atoms with Gasteiger partial charge in [-0.3, -0.25) is 14.3 Å². The molecule has 0 saturated heterocycles. The normalized spacial score (nSPS) is 11.1. The fourth-order valence-corrected chi connectivity index (χ4v) is 5.02. The molecule has 0 amide bonds. The average Bonchev–Trinajstić information content (AvgIpc) is 3.25. The molecule has 0 spiro atoms. The number of hydrogen-bond acceptors (Lipinski definition) is 5. The first-order chi connectivity index (χ1) is 17.1. The Labute approximate surface area is 203 Å². The van der Waals surface area contributed by atoms with Crippen LogP contribution in [0.4, 0.5) is 4.39 Å². The Hall–Kier alpha value is -4.24. The third-order valence-electron chi connectivity index (χ3n) is 5.38. The summed E-state index contributed by atoms with van der Waals surface area (Å²) >= 11 is 1.51. The van der Waals surface area contributed by atoms with Crippen molar-refractivity contribution >= 4 is 11.8 Å². The predicted octanol–water partition coefficient (Wildman–Crippen LogP) is 4.26. The third kappa shape index (κ3) is 5.15. The Morgan fingerprint density at radius 1 is 0.829 bits per heavy atom. The van der Waals surface area contributed by atoms with E-state index in [0.29, 0.717) is 22.4 Å². The van der Waals surface area contributed by atoms with E-state index < -0.39 is 11.2 Å². The number of benzene rings is 3. The highest BCUT2D eigenvalue weighted by molar-refractivity contribution is 7.99. The molecule has 0 fully saturated rings. The van der Waals surface area contributed by atoms with Gasteiger partial charge in [0, 0.05) is 23.9 Å². The van der Waals surface area contributed by atoms with Crippen molar-refractivity contribution in [1.29, 1.82) is 0 Å². The predicted molar refractivity (Wildman–Crippen MR) is 132 cm³/mol. The molecule has 0 unspecified atom stereocenters. The lowest BCUT2D eigenvalue weighted by Crippen LogP contribution is -2.23. The second kappa shape index (κ2) is 9.94. The van der Waals surface area contributed by atoms with Crippen molar-refractivity contribution < 1.29 is 4.39 Å². The molecule has 0 radical (unpaired) electrons. The van der Waals surface area contributed by atoms with E-state index in [0.717, 1.165) is 11.1 Å². The molecular weight excluding hydrogens is 465 g/mol. The summed E-state index contributed by atoms with van der Waals surface area (Å²) in [6, 6.07) is 27.5. The first kappa shape index (κ1) is 22.5. The average molecular weight is 486 g/mol. The highest BCUT2D eigenvalue weighted by atomic mass is 32.2. The zero-order valence-electron chi connectivity index (χ0n) is 18.4. The van der Waals surface area contributed by atoms with Crippen LogP contribution in [0.3, 0.4) is 0 Å². The number of aromatic nitrogens is 5. The third-order valence-corrected chi connectivity index (χ3v) is 6.63. The van der Waals surface area contributed by atoms with Crippen LogP contribution in [0.25, 0.3) is 5.69 Å². The van der Waals surface area contributed by atoms with Crippen LogP contribution in [0.15, 0.2) is 106 Å². The van der Waals surface area contributed by atoms with Crippen LogP contribution < -0.4 is 11.2 Å². The van der Waals surface area contributed by atoms with Gasteiger partial charge in [-0.05, 0) is 35.4 Å². The molecule has 0 aliphatic carbocycles. The van der Waals surface area contributed by atoms with Crippen LogP contribution in [0.5, 0.6) is 0 Å². The van der Waals surface area contributed by atoms with Crippen molar-refractivity contribution in [3.63, 3.8) is 0 Å². The summed E-state index contributed by atoms with van der Waals surface area (Å²) in [5, 5.41) is 9.34. The van der Waals surface area contributed by atoms with Crippen LogP contribution >= 0.6 is 11.8 Å². The number of halogens is 1. The summed E-state index contributed by atoms with van der Waals surface area (Å²) in [6.45, 7) is 0. The maximum absolute atomic E-state index is 13.7. The molecule has 0 aliphatic rings. The van der Waals surface area contributed by atoms with Crippen LogP contribution in [0, 0.1) is 5.82 Å². The maximum atomic E-state index is 13.7. The lowest BCUT2D eigenvalue weighted by Gasteiger charge is -2.18. The Kier molecular flexibility index (Phi) is 6.40. The fraction of sp³-hybridized carbons (Fsp3) is 0.0769. The van der Waals surface area contributed by atoms with E-state index >= 15 is 0 Å². The first-order valence-electron chi connectivity index (χ1n) is 10.9. The summed E-state index contributed by atoms with van der Waals surface area (Å²) in [7, 11) is 0. The number of nitrogens with one attached hydrogen (secondary N) is 2. The van der Waals surface area contributed by atoms with Crippen molar-refractivity contribution in [1.82, 2.24) is 24.7 Å². The fourth-order valence-electron chi connectivity index (χ4n) is 3.82. The van der Waals surface area contributed by atoms with Gasteiger partial charge in [0.1, 0.15) is 11.6 Å². The van der Waals surface area contributed by atoms with E-state index in [9.17, 15) is 14.0 Å². The molecule has 3 aromatic carbocycles. The van der Waals surface area contributed by atoms with Crippen molar-refractivity contribution in [2.45, 2.75) is 16.8 Å². The first-order valence-corrected chi connectivity index (χ1v) is 11.7. The molecular formula is C26H20FN5O2S. The minimum atomic E-state index is -0.594. The van der Waals surface area contributed by atoms with Crippen molar-refractivity contribution in [2.75, 3.05) is 0 Å². The molecule has 2 heterocycles. The monoisotopic (exact) mass is 485 g/mol. The second-order valence-electron chi connectivity index (χ2n) is 7.82. The van der Waals surface area contributed by atoms with Crippen LogP contribution in [0.1, 0.15) is 27.9 Å². The molecule has 5 rings (SSSR count). The van der Waals surface area contributed by atoms with E-state index in [1.54, 1.807) is 12.1 Å². The minimum Gasteiger partial charge on any atom is -0.311 e. The molecule has 0 aliphatic heterocycles. The number of aromatic amines is 2. The highest BCUT2D eigenvalue weighted by Crippen LogP contribution is 2.40. The van der Waals surface area contributed by atoms with E-state index in [4.69, 9.17) is 0 Å². The molecule has 0 saturated carbocycles. The molecule has 2 N–H and O–H groups in total. The van der Waals surface area contributed by atoms with Gasteiger partial charge in [-0.15, -0.1) is 10.2 Å². The molecule has 174 valence electrons. The van der Waals surface area contributed by atoms with Crippen LogP contribution in [-0.4, -0.2) is 24.7 Å². The largest absolute Gasteiger partial charge is 0.325 e. The molecule has 5 aromatic rings. The summed E-state index contributed by atoms with van der Waals surface area (Å²) in [5.41, 5.74) is 2.16. The molecule has 0 bridgehead atoms. The highest BCUT2D eigenvalue weighted by Gasteiger charge is 2.22. The smallest absolute Gasteiger partial charge is 0.311 e. The van der Waals surface area contributed by atoms with Gasteiger partial charge in [-0.25, -0.2) is 9.18 Å². The maximum Gasteiger partial charge on any atom is 0.325 e. The topological polar surface area (TPSA) is 96.4 Å². The van der Waals surface area contributed by atoms with Gasteiger partial charge in [0.25, 0.3) is 5.56 Å². The van der Waals surface area contributed by atoms with Gasteiger partial charge in [-0.1, -0.05) is 72.4 Å². The van der Waals surface area contributed by atoms with E-state index in [1.807, 2.05) is 41.0 Å². The number of thioether (sulfide) groups is 1. The quantitative estimate of drug-likeness (QED) is 0.336. The summed E-state index contributed by atoms with van der Waals surface area (Å²) < 4.78 is 15.5. The van der Waals surface area contributed by atoms with E-state index in [2.05, 4.69) is 44.4 Å². The van der Waals surface area contributed by atoms with Crippen molar-refractivity contribution in [3.8, 4) is 5.69 Å².